The minimum absolute atomic E-state index is 0.165. The molecule has 0 bridgehead atoms. The second-order valence-electron chi connectivity index (χ2n) is 6.98. The van der Waals surface area contributed by atoms with Crippen LogP contribution in [0.2, 0.25) is 0 Å². The average molecular weight is 305 g/mol. The minimum atomic E-state index is -0.165. The summed E-state index contributed by atoms with van der Waals surface area (Å²) in [5.41, 5.74) is 0.153. The summed E-state index contributed by atoms with van der Waals surface area (Å²) < 4.78 is 0. The van der Waals surface area contributed by atoms with Crippen LogP contribution in [0.1, 0.15) is 50.0 Å². The molecule has 4 rings (SSSR count). The number of hydrogen-bond acceptors (Lipinski definition) is 4. The Bertz CT molecular complexity index is 516. The highest BCUT2D eigenvalue weighted by molar-refractivity contribution is 7.09. The van der Waals surface area contributed by atoms with Crippen molar-refractivity contribution in [1.29, 1.82) is 0 Å². The predicted molar refractivity (Wildman–Crippen MR) is 83.0 cm³/mol. The average Bonchev–Trinajstić information content (AvgIpc) is 2.95. The van der Waals surface area contributed by atoms with Gasteiger partial charge in [-0.05, 0) is 50.6 Å². The smallest absolute Gasteiger partial charge is 0.224 e. The molecule has 1 saturated heterocycles. The number of piperidine rings is 1. The molecular weight excluding hydrogens is 282 g/mol. The molecule has 1 aromatic rings. The second kappa shape index (κ2) is 5.06. The van der Waals surface area contributed by atoms with Gasteiger partial charge in [-0.25, -0.2) is 4.98 Å². The third kappa shape index (κ3) is 2.30. The number of carbonyl (C=O) groups is 1. The highest BCUT2D eigenvalue weighted by Gasteiger charge is 2.58. The van der Waals surface area contributed by atoms with Crippen molar-refractivity contribution in [3.63, 3.8) is 0 Å². The Hall–Kier alpha value is -0.940. The second-order valence-corrected chi connectivity index (χ2v) is 7.88. The molecule has 1 aromatic heterocycles. The largest absolute Gasteiger partial charge is 0.344 e. The lowest BCUT2D eigenvalue weighted by Gasteiger charge is -2.29. The van der Waals surface area contributed by atoms with Crippen molar-refractivity contribution >= 4 is 17.2 Å². The minimum Gasteiger partial charge on any atom is -0.344 e. The Balaban J connectivity index is 1.48. The molecular formula is C16H23N3OS. The fourth-order valence-electron chi connectivity index (χ4n) is 4.35. The van der Waals surface area contributed by atoms with E-state index in [0.717, 1.165) is 50.2 Å². The highest BCUT2D eigenvalue weighted by Crippen LogP contribution is 2.59. The van der Waals surface area contributed by atoms with Crippen molar-refractivity contribution in [2.75, 3.05) is 13.1 Å². The molecule has 2 saturated carbocycles. The molecule has 4 nitrogen and oxygen atoms in total. The molecule has 114 valence electrons. The first-order chi connectivity index (χ1) is 10.2. The van der Waals surface area contributed by atoms with Gasteiger partial charge in [-0.15, -0.1) is 11.3 Å². The van der Waals surface area contributed by atoms with Crippen LogP contribution in [-0.2, 0) is 10.3 Å². The van der Waals surface area contributed by atoms with Gasteiger partial charge in [-0.1, -0.05) is 12.8 Å². The summed E-state index contributed by atoms with van der Waals surface area (Å²) in [5.74, 6) is 0.533. The van der Waals surface area contributed by atoms with E-state index >= 15 is 0 Å². The Morgan fingerprint density at radius 2 is 2.05 bits per heavy atom. The summed E-state index contributed by atoms with van der Waals surface area (Å²) in [6.07, 6.45) is 9.76. The standard InChI is InChI=1S/C16H23N3OS/c20-13(12-11-15(12)5-7-17-8-6-15)19-16(3-1-2-4-16)14-18-9-10-21-14/h9-10,12,17H,1-8,11H2,(H,19,20). The van der Waals surface area contributed by atoms with Gasteiger partial charge in [0.25, 0.3) is 0 Å². The first kappa shape index (κ1) is 13.7. The summed E-state index contributed by atoms with van der Waals surface area (Å²) >= 11 is 1.68. The maximum Gasteiger partial charge on any atom is 0.224 e. The zero-order valence-electron chi connectivity index (χ0n) is 12.4. The van der Waals surface area contributed by atoms with Gasteiger partial charge in [-0.3, -0.25) is 4.79 Å². The van der Waals surface area contributed by atoms with Crippen LogP contribution in [0.5, 0.6) is 0 Å². The van der Waals surface area contributed by atoms with Crippen LogP contribution in [0.3, 0.4) is 0 Å². The van der Waals surface area contributed by atoms with Gasteiger partial charge in [0.15, 0.2) is 0 Å². The van der Waals surface area contributed by atoms with Crippen molar-refractivity contribution in [3.05, 3.63) is 16.6 Å². The molecule has 2 N–H and O–H groups in total. The molecule has 21 heavy (non-hydrogen) atoms. The van der Waals surface area contributed by atoms with Crippen LogP contribution in [0.25, 0.3) is 0 Å². The topological polar surface area (TPSA) is 54.0 Å². The van der Waals surface area contributed by atoms with Crippen molar-refractivity contribution in [2.45, 2.75) is 50.5 Å². The van der Waals surface area contributed by atoms with E-state index in [1.54, 1.807) is 11.3 Å². The lowest BCUT2D eigenvalue weighted by molar-refractivity contribution is -0.125. The number of carbonyl (C=O) groups excluding carboxylic acids is 1. The van der Waals surface area contributed by atoms with E-state index in [4.69, 9.17) is 0 Å². The lowest BCUT2D eigenvalue weighted by Crippen LogP contribution is -2.45. The number of hydrogen-bond donors (Lipinski definition) is 2. The van der Waals surface area contributed by atoms with E-state index in [1.807, 2.05) is 11.6 Å². The van der Waals surface area contributed by atoms with Crippen LogP contribution in [0.4, 0.5) is 0 Å². The molecule has 0 radical (unpaired) electrons. The van der Waals surface area contributed by atoms with Crippen molar-refractivity contribution < 1.29 is 4.79 Å². The van der Waals surface area contributed by atoms with E-state index in [9.17, 15) is 4.79 Å². The molecule has 3 aliphatic rings. The Morgan fingerprint density at radius 3 is 2.71 bits per heavy atom. The van der Waals surface area contributed by atoms with E-state index < -0.39 is 0 Å². The fourth-order valence-corrected chi connectivity index (χ4v) is 5.20. The predicted octanol–water partition coefficient (Wildman–Crippen LogP) is 2.42. The van der Waals surface area contributed by atoms with E-state index in [2.05, 4.69) is 15.6 Å². The molecule has 1 amide bonds. The normalized spacial score (nSPS) is 29.4. The Labute approximate surface area is 129 Å². The number of nitrogens with zero attached hydrogens (tertiary/aromatic N) is 1. The number of aromatic nitrogens is 1. The van der Waals surface area contributed by atoms with E-state index in [-0.39, 0.29) is 17.4 Å². The number of nitrogens with one attached hydrogen (secondary N) is 2. The van der Waals surface area contributed by atoms with Crippen LogP contribution in [-0.4, -0.2) is 24.0 Å². The Morgan fingerprint density at radius 1 is 1.29 bits per heavy atom. The number of thiazole rings is 1. The van der Waals surface area contributed by atoms with Crippen molar-refractivity contribution in [3.8, 4) is 0 Å². The van der Waals surface area contributed by atoms with Gasteiger partial charge in [0, 0.05) is 17.5 Å². The quantitative estimate of drug-likeness (QED) is 0.902. The molecule has 2 aliphatic carbocycles. The highest BCUT2D eigenvalue weighted by atomic mass is 32.1. The van der Waals surface area contributed by atoms with Crippen molar-refractivity contribution in [1.82, 2.24) is 15.6 Å². The molecule has 1 atom stereocenters. The van der Waals surface area contributed by atoms with Gasteiger partial charge in [-0.2, -0.15) is 0 Å². The molecule has 5 heteroatoms. The van der Waals surface area contributed by atoms with Gasteiger partial charge in [0.2, 0.25) is 5.91 Å². The SMILES string of the molecule is O=C(NC1(c2nccs2)CCCC1)C1CC12CCNCC2. The molecule has 1 unspecified atom stereocenters. The third-order valence-electron chi connectivity index (χ3n) is 5.77. The van der Waals surface area contributed by atoms with Crippen LogP contribution in [0.15, 0.2) is 11.6 Å². The molecule has 3 fully saturated rings. The summed E-state index contributed by atoms with van der Waals surface area (Å²) in [6.45, 7) is 2.14. The molecule has 1 spiro atoms. The lowest BCUT2D eigenvalue weighted by atomic mass is 9.91. The molecule has 1 aliphatic heterocycles. The first-order valence-corrected chi connectivity index (χ1v) is 9.05. The van der Waals surface area contributed by atoms with Crippen LogP contribution in [0, 0.1) is 11.3 Å². The van der Waals surface area contributed by atoms with Gasteiger partial charge >= 0.3 is 0 Å². The summed E-state index contributed by atoms with van der Waals surface area (Å²) in [4.78, 5) is 17.3. The maximum atomic E-state index is 12.8. The number of rotatable bonds is 3. The maximum absolute atomic E-state index is 12.8. The van der Waals surface area contributed by atoms with Gasteiger partial charge < -0.3 is 10.6 Å². The zero-order valence-corrected chi connectivity index (χ0v) is 13.2. The van der Waals surface area contributed by atoms with Crippen LogP contribution < -0.4 is 10.6 Å². The van der Waals surface area contributed by atoms with Crippen molar-refractivity contribution in [2.24, 2.45) is 11.3 Å². The monoisotopic (exact) mass is 305 g/mol. The van der Waals surface area contributed by atoms with Crippen LogP contribution >= 0.6 is 11.3 Å². The third-order valence-corrected chi connectivity index (χ3v) is 6.74. The van der Waals surface area contributed by atoms with E-state index in [0.29, 0.717) is 5.41 Å². The fraction of sp³-hybridized carbons (Fsp3) is 0.750. The summed E-state index contributed by atoms with van der Waals surface area (Å²) in [6, 6.07) is 0. The number of amides is 1. The molecule has 0 aromatic carbocycles. The van der Waals surface area contributed by atoms with Gasteiger partial charge in [0.05, 0.1) is 5.54 Å². The van der Waals surface area contributed by atoms with E-state index in [1.165, 1.54) is 12.8 Å². The molecule has 2 heterocycles. The van der Waals surface area contributed by atoms with Gasteiger partial charge in [0.1, 0.15) is 5.01 Å². The Kier molecular flexibility index (Phi) is 3.30. The summed E-state index contributed by atoms with van der Waals surface area (Å²) in [5, 5.41) is 9.95. The zero-order chi connectivity index (χ0) is 14.3. The summed E-state index contributed by atoms with van der Waals surface area (Å²) in [7, 11) is 0. The first-order valence-electron chi connectivity index (χ1n) is 8.17.